The van der Waals surface area contributed by atoms with Crippen LogP contribution in [-0.2, 0) is 38.4 Å². The van der Waals surface area contributed by atoms with Crippen LogP contribution in [0.25, 0.3) is 0 Å². The number of fused-ring (bicyclic) bond motifs is 1. The van der Waals surface area contributed by atoms with Gasteiger partial charge in [-0.25, -0.2) is 4.79 Å². The molecule has 0 heterocycles. The number of nitrogens with two attached hydrogens (primary N) is 1. The predicted molar refractivity (Wildman–Crippen MR) is 124 cm³/mol. The Kier molecular flexibility index (Phi) is 8.60. The second kappa shape index (κ2) is 11.6. The lowest BCUT2D eigenvalue weighted by molar-refractivity contribution is -0.697. The van der Waals surface area contributed by atoms with Gasteiger partial charge in [0.2, 0.25) is 0 Å². The lowest BCUT2D eigenvalue weighted by Crippen LogP contribution is -2.98. The molecule has 3 rings (SSSR count). The van der Waals surface area contributed by atoms with Gasteiger partial charge in [-0.1, -0.05) is 54.6 Å². The van der Waals surface area contributed by atoms with E-state index in [-0.39, 0.29) is 31.1 Å². The average molecular weight is 454 g/mol. The van der Waals surface area contributed by atoms with Gasteiger partial charge in [-0.3, -0.25) is 9.59 Å². The molecule has 7 nitrogen and oxygen atoms in total. The van der Waals surface area contributed by atoms with Crippen molar-refractivity contribution in [1.29, 1.82) is 0 Å². The van der Waals surface area contributed by atoms with Crippen LogP contribution in [0.3, 0.4) is 0 Å². The van der Waals surface area contributed by atoms with Crippen molar-refractivity contribution in [3.63, 3.8) is 0 Å². The smallest absolute Gasteiger partial charge is 0.364 e. The minimum absolute atomic E-state index is 0.202. The highest BCUT2D eigenvalue weighted by Gasteiger charge is 2.36. The number of hydrogen-bond donors (Lipinski definition) is 2. The number of quaternary nitrogens is 1. The molecule has 0 unspecified atom stereocenters. The first kappa shape index (κ1) is 24.5. The maximum absolute atomic E-state index is 13.4. The van der Waals surface area contributed by atoms with Gasteiger partial charge in [0.15, 0.2) is 12.1 Å². The van der Waals surface area contributed by atoms with E-state index in [1.807, 2.05) is 54.6 Å². The Morgan fingerprint density at radius 3 is 2.24 bits per heavy atom. The number of nitrogens with zero attached hydrogens (tertiary/aromatic N) is 1. The Labute approximate surface area is 194 Å². The summed E-state index contributed by atoms with van der Waals surface area (Å²) in [5, 5.41) is 11.2. The van der Waals surface area contributed by atoms with E-state index in [0.717, 1.165) is 16.7 Å². The van der Waals surface area contributed by atoms with E-state index in [9.17, 15) is 19.5 Å². The molecule has 0 bridgehead atoms. The van der Waals surface area contributed by atoms with E-state index in [0.29, 0.717) is 25.7 Å². The highest BCUT2D eigenvalue weighted by Crippen LogP contribution is 2.25. The molecule has 176 valence electrons. The predicted octanol–water partition coefficient (Wildman–Crippen LogP) is 1.58. The van der Waals surface area contributed by atoms with Crippen LogP contribution in [0.4, 0.5) is 0 Å². The van der Waals surface area contributed by atoms with Crippen molar-refractivity contribution >= 4 is 17.8 Å². The number of carbonyl (C=O) groups is 3. The molecule has 2 aromatic carbocycles. The van der Waals surface area contributed by atoms with Crippen LogP contribution in [0.5, 0.6) is 0 Å². The summed E-state index contributed by atoms with van der Waals surface area (Å²) in [6.45, 7) is 3.40. The first-order chi connectivity index (χ1) is 15.9. The minimum Gasteiger partial charge on any atom is -0.480 e. The standard InChI is InChI=1S/C26H32N2O5/c1-3-33-26(32)23(14-13-19-9-5-4-6-10-19)27-18(2)25(31)28(17-24(29)30)22-15-20-11-7-8-12-21(20)16-22/h4-12,18,22-23,27H,3,13-17H2,1-2H3,(H,29,30)/p+1/t18-,23-/m0/s1. The lowest BCUT2D eigenvalue weighted by Gasteiger charge is -2.30. The second-order valence-electron chi connectivity index (χ2n) is 8.55. The Morgan fingerprint density at radius 2 is 1.67 bits per heavy atom. The first-order valence-electron chi connectivity index (χ1n) is 11.5. The van der Waals surface area contributed by atoms with Crippen molar-refractivity contribution in [3.8, 4) is 0 Å². The van der Waals surface area contributed by atoms with E-state index in [2.05, 4.69) is 0 Å². The molecular formula is C26H33N2O5+. The number of carbonyl (C=O) groups excluding carboxylic acids is 2. The summed E-state index contributed by atoms with van der Waals surface area (Å²) in [7, 11) is 0. The Balaban J connectivity index is 1.70. The number of rotatable bonds is 11. The molecule has 0 saturated carbocycles. The zero-order valence-electron chi connectivity index (χ0n) is 19.3. The summed E-state index contributed by atoms with van der Waals surface area (Å²) < 4.78 is 5.25. The fourth-order valence-electron chi connectivity index (χ4n) is 4.49. The molecule has 2 atom stereocenters. The summed E-state index contributed by atoms with van der Waals surface area (Å²) in [6, 6.07) is 16.5. The number of esters is 1. The summed E-state index contributed by atoms with van der Waals surface area (Å²) in [4.78, 5) is 39.0. The van der Waals surface area contributed by atoms with Crippen LogP contribution in [-0.4, -0.2) is 59.1 Å². The van der Waals surface area contributed by atoms with E-state index in [1.165, 1.54) is 4.90 Å². The van der Waals surface area contributed by atoms with Crippen LogP contribution in [0, 0.1) is 0 Å². The highest BCUT2D eigenvalue weighted by atomic mass is 16.5. The third kappa shape index (κ3) is 6.65. The molecule has 1 amide bonds. The van der Waals surface area contributed by atoms with Crippen LogP contribution in [0.2, 0.25) is 0 Å². The van der Waals surface area contributed by atoms with Gasteiger partial charge in [-0.2, -0.15) is 0 Å². The zero-order chi connectivity index (χ0) is 23.8. The molecule has 1 aliphatic rings. The van der Waals surface area contributed by atoms with Crippen molar-refractivity contribution in [2.45, 2.75) is 57.7 Å². The number of amides is 1. The van der Waals surface area contributed by atoms with Gasteiger partial charge in [-0.05, 0) is 49.8 Å². The van der Waals surface area contributed by atoms with E-state index < -0.39 is 18.1 Å². The molecule has 3 N–H and O–H groups in total. The quantitative estimate of drug-likeness (QED) is 0.503. The third-order valence-corrected chi connectivity index (χ3v) is 6.15. The second-order valence-corrected chi connectivity index (χ2v) is 8.55. The molecule has 0 spiro atoms. The average Bonchev–Trinajstić information content (AvgIpc) is 3.24. The molecular weight excluding hydrogens is 420 g/mol. The first-order valence-corrected chi connectivity index (χ1v) is 11.5. The summed E-state index contributed by atoms with van der Waals surface area (Å²) in [5.41, 5.74) is 3.40. The van der Waals surface area contributed by atoms with Gasteiger partial charge < -0.3 is 20.1 Å². The van der Waals surface area contributed by atoms with Gasteiger partial charge in [-0.15, -0.1) is 0 Å². The number of carboxylic acids is 1. The summed E-state index contributed by atoms with van der Waals surface area (Å²) in [5.74, 6) is -1.67. The van der Waals surface area contributed by atoms with E-state index in [4.69, 9.17) is 4.74 Å². The van der Waals surface area contributed by atoms with E-state index >= 15 is 0 Å². The highest BCUT2D eigenvalue weighted by molar-refractivity contribution is 5.85. The molecule has 0 aromatic heterocycles. The maximum Gasteiger partial charge on any atom is 0.364 e. The minimum atomic E-state index is -1.04. The Morgan fingerprint density at radius 1 is 1.06 bits per heavy atom. The van der Waals surface area contributed by atoms with Crippen LogP contribution in [0.1, 0.15) is 37.0 Å². The van der Waals surface area contributed by atoms with Crippen molar-refractivity contribution in [1.82, 2.24) is 4.90 Å². The number of benzene rings is 2. The number of carboxylic acid groups (broad SMARTS) is 1. The number of aliphatic carboxylic acids is 1. The maximum atomic E-state index is 13.4. The van der Waals surface area contributed by atoms with E-state index in [1.54, 1.807) is 19.2 Å². The molecule has 1 aliphatic carbocycles. The van der Waals surface area contributed by atoms with Gasteiger partial charge >= 0.3 is 11.9 Å². The molecule has 0 aliphatic heterocycles. The number of ether oxygens (including phenoxy) is 1. The number of hydrogen-bond acceptors (Lipinski definition) is 4. The normalized spacial score (nSPS) is 14.8. The van der Waals surface area contributed by atoms with Gasteiger partial charge in [0.25, 0.3) is 5.91 Å². The molecule has 7 heteroatoms. The van der Waals surface area contributed by atoms with Crippen molar-refractivity contribution < 1.29 is 29.5 Å². The molecule has 2 aromatic rings. The molecule has 0 radical (unpaired) electrons. The molecule has 0 saturated heterocycles. The van der Waals surface area contributed by atoms with Crippen LogP contribution in [0.15, 0.2) is 54.6 Å². The zero-order valence-corrected chi connectivity index (χ0v) is 19.3. The van der Waals surface area contributed by atoms with Crippen molar-refractivity contribution in [2.75, 3.05) is 13.2 Å². The van der Waals surface area contributed by atoms with Crippen LogP contribution >= 0.6 is 0 Å². The topological polar surface area (TPSA) is 101 Å². The third-order valence-electron chi connectivity index (χ3n) is 6.15. The molecule has 33 heavy (non-hydrogen) atoms. The van der Waals surface area contributed by atoms with Gasteiger partial charge in [0.1, 0.15) is 6.54 Å². The Bertz CT molecular complexity index is 937. The monoisotopic (exact) mass is 453 g/mol. The Hall–Kier alpha value is -3.19. The van der Waals surface area contributed by atoms with Gasteiger partial charge in [0.05, 0.1) is 6.61 Å². The summed E-state index contributed by atoms with van der Waals surface area (Å²) >= 11 is 0. The van der Waals surface area contributed by atoms with Crippen molar-refractivity contribution in [2.24, 2.45) is 0 Å². The van der Waals surface area contributed by atoms with Crippen molar-refractivity contribution in [3.05, 3.63) is 71.3 Å². The van der Waals surface area contributed by atoms with Crippen LogP contribution < -0.4 is 5.32 Å². The largest absolute Gasteiger partial charge is 0.480 e. The van der Waals surface area contributed by atoms with Gasteiger partial charge in [0, 0.05) is 12.5 Å². The summed E-state index contributed by atoms with van der Waals surface area (Å²) in [6.07, 6.45) is 2.47. The number of aryl methyl sites for hydroxylation is 1. The fourth-order valence-corrected chi connectivity index (χ4v) is 4.49. The molecule has 0 fully saturated rings. The lowest BCUT2D eigenvalue weighted by atomic mass is 10.0. The SMILES string of the molecule is CCOC(=O)[C@H](CCc1ccccc1)[NH2+][C@@H](C)C(=O)N(CC(=O)O)C1Cc2ccccc2C1. The fraction of sp³-hybridized carbons (Fsp3) is 0.423.